The Labute approximate surface area is 376 Å². The maximum Gasteiger partial charge on any atom is 0.407 e. The lowest BCUT2D eigenvalue weighted by Gasteiger charge is -2.41. The molecular formula is C47H80N6O10. The van der Waals surface area contributed by atoms with Crippen LogP contribution in [0.3, 0.4) is 0 Å². The lowest BCUT2D eigenvalue weighted by atomic mass is 9.89. The second-order valence-corrected chi connectivity index (χ2v) is 18.8. The third-order valence-corrected chi connectivity index (χ3v) is 12.2. The number of hydrogen-bond donors (Lipinski definition) is 4. The Morgan fingerprint density at radius 2 is 1.49 bits per heavy atom. The fourth-order valence-electron chi connectivity index (χ4n) is 8.49. The zero-order chi connectivity index (χ0) is 47.9. The maximum absolute atomic E-state index is 14.5. The average molecular weight is 889 g/mol. The molecule has 0 spiro atoms. The third-order valence-electron chi connectivity index (χ3n) is 12.2. The molecule has 63 heavy (non-hydrogen) atoms. The highest BCUT2D eigenvalue weighted by molar-refractivity contribution is 5.92. The summed E-state index contributed by atoms with van der Waals surface area (Å²) in [4.78, 5) is 86.4. The molecule has 4 unspecified atom stereocenters. The van der Waals surface area contributed by atoms with E-state index in [4.69, 9.17) is 14.2 Å². The predicted molar refractivity (Wildman–Crippen MR) is 242 cm³/mol. The highest BCUT2D eigenvalue weighted by atomic mass is 16.6. The second kappa shape index (κ2) is 25.3. The molecule has 1 saturated heterocycles. The summed E-state index contributed by atoms with van der Waals surface area (Å²) >= 11 is 0. The summed E-state index contributed by atoms with van der Waals surface area (Å²) in [5, 5.41) is 19.3. The molecule has 1 aromatic rings. The minimum Gasteiger partial charge on any atom is -0.444 e. The molecule has 4 N–H and O–H groups in total. The fraction of sp³-hybridized carbons (Fsp3) is 0.745. The van der Waals surface area contributed by atoms with Crippen molar-refractivity contribution in [1.82, 2.24) is 30.7 Å². The van der Waals surface area contributed by atoms with E-state index in [1.54, 1.807) is 63.6 Å². The number of benzene rings is 1. The van der Waals surface area contributed by atoms with Gasteiger partial charge in [-0.25, -0.2) is 4.79 Å². The molecule has 16 nitrogen and oxygen atoms in total. The van der Waals surface area contributed by atoms with Crippen LogP contribution in [0.4, 0.5) is 4.79 Å². The van der Waals surface area contributed by atoms with Crippen molar-refractivity contribution in [3.63, 3.8) is 0 Å². The van der Waals surface area contributed by atoms with Gasteiger partial charge in [-0.3, -0.25) is 24.0 Å². The van der Waals surface area contributed by atoms with Crippen LogP contribution in [0.5, 0.6) is 0 Å². The summed E-state index contributed by atoms with van der Waals surface area (Å²) in [6, 6.07) is 5.73. The SMILES string of the molecule is CC[C@H](C)[C@@H]([C@@H](CC(=O)N1CCCC1C(OC)C(C)C(=O)N[C@H](C)C(O)c1ccccc1)OC)N(C)C(=O)[C@@H](NC(=O)[C@H](C(C)C)N(C)C(=O)CCNC(=O)OC(C)(C)C)C(C)C. The van der Waals surface area contributed by atoms with Gasteiger partial charge in [-0.15, -0.1) is 0 Å². The van der Waals surface area contributed by atoms with Crippen molar-refractivity contribution in [2.24, 2.45) is 23.7 Å². The first-order chi connectivity index (χ1) is 29.4. The zero-order valence-corrected chi connectivity index (χ0v) is 40.7. The molecule has 0 radical (unpaired) electrons. The first-order valence-corrected chi connectivity index (χ1v) is 22.6. The molecular weight excluding hydrogens is 809 g/mol. The van der Waals surface area contributed by atoms with Gasteiger partial charge in [-0.1, -0.05) is 85.2 Å². The van der Waals surface area contributed by atoms with Gasteiger partial charge in [0.05, 0.1) is 48.8 Å². The van der Waals surface area contributed by atoms with Crippen LogP contribution in [0.2, 0.25) is 0 Å². The Hall–Kier alpha value is -4.28. The van der Waals surface area contributed by atoms with Crippen LogP contribution in [-0.4, -0.2) is 145 Å². The van der Waals surface area contributed by atoms with E-state index < -0.39 is 72.0 Å². The number of carbonyl (C=O) groups is 6. The number of aliphatic hydroxyl groups is 1. The molecule has 1 heterocycles. The molecule has 1 fully saturated rings. The summed E-state index contributed by atoms with van der Waals surface area (Å²) in [7, 11) is 6.25. The van der Waals surface area contributed by atoms with E-state index in [1.807, 2.05) is 59.7 Å². The number of alkyl carbamates (subject to hydrolysis) is 1. The Kier molecular flexibility index (Phi) is 22.0. The van der Waals surface area contributed by atoms with E-state index in [2.05, 4.69) is 16.0 Å². The summed E-state index contributed by atoms with van der Waals surface area (Å²) < 4.78 is 17.2. The molecule has 2 rings (SSSR count). The number of likely N-dealkylation sites (tertiary alicyclic amines) is 1. The van der Waals surface area contributed by atoms with Gasteiger partial charge in [0, 0.05) is 47.8 Å². The minimum absolute atomic E-state index is 0.0188. The highest BCUT2D eigenvalue weighted by Crippen LogP contribution is 2.30. The lowest BCUT2D eigenvalue weighted by molar-refractivity contribution is -0.148. The number of ether oxygens (including phenoxy) is 3. The summed E-state index contributed by atoms with van der Waals surface area (Å²) in [6.07, 6.45) is -0.974. The number of carbonyl (C=O) groups excluding carboxylic acids is 6. The Bertz CT molecular complexity index is 1640. The Morgan fingerprint density at radius 3 is 2.02 bits per heavy atom. The number of amides is 6. The van der Waals surface area contributed by atoms with Gasteiger partial charge in [0.25, 0.3) is 0 Å². The lowest BCUT2D eigenvalue weighted by Crippen LogP contribution is -2.60. The standard InChI is InChI=1S/C47H80N6O10/c1-16-30(6)40(52(13)45(59)38(28(2)3)50-44(58)39(29(4)5)51(12)36(54)24-25-48-46(60)63-47(9,10)11)35(61-14)27-37(55)53-26-20-23-34(53)42(62-15)31(7)43(57)49-32(8)41(56)33-21-18-17-19-22-33/h17-19,21-22,28-32,34-35,38-42,56H,16,20,23-27H2,1-15H3,(H,48,60)(H,49,57)(H,50,58)/t30-,31?,32+,34?,35+,38-,39-,40-,41?,42?/m0/s1. The molecule has 10 atom stereocenters. The van der Waals surface area contributed by atoms with Crippen LogP contribution in [0.25, 0.3) is 0 Å². The van der Waals surface area contributed by atoms with E-state index >= 15 is 0 Å². The van der Waals surface area contributed by atoms with E-state index in [0.29, 0.717) is 24.9 Å². The number of nitrogens with one attached hydrogen (secondary N) is 3. The number of nitrogens with zero attached hydrogens (tertiary/aromatic N) is 3. The van der Waals surface area contributed by atoms with Crippen molar-refractivity contribution in [3.05, 3.63) is 35.9 Å². The van der Waals surface area contributed by atoms with Gasteiger partial charge in [-0.05, 0) is 63.9 Å². The van der Waals surface area contributed by atoms with Crippen molar-refractivity contribution in [2.45, 2.75) is 162 Å². The summed E-state index contributed by atoms with van der Waals surface area (Å²) in [5.41, 5.74) is -0.00296. The minimum atomic E-state index is -0.963. The normalized spacial score (nSPS) is 18.6. The molecule has 0 saturated carbocycles. The first kappa shape index (κ1) is 54.9. The Morgan fingerprint density at radius 1 is 0.873 bits per heavy atom. The van der Waals surface area contributed by atoms with Crippen LogP contribution < -0.4 is 16.0 Å². The van der Waals surface area contributed by atoms with Crippen LogP contribution in [0.1, 0.15) is 120 Å². The largest absolute Gasteiger partial charge is 0.444 e. The van der Waals surface area contributed by atoms with E-state index in [9.17, 15) is 33.9 Å². The number of likely N-dealkylation sites (N-methyl/N-ethyl adjacent to an activating group) is 2. The van der Waals surface area contributed by atoms with Crippen LogP contribution in [0, 0.1) is 23.7 Å². The number of aliphatic hydroxyl groups excluding tert-OH is 1. The molecule has 1 aliphatic heterocycles. The smallest absolute Gasteiger partial charge is 0.407 e. The maximum atomic E-state index is 14.5. The zero-order valence-electron chi connectivity index (χ0n) is 40.7. The molecule has 1 aliphatic rings. The molecule has 0 aliphatic carbocycles. The average Bonchev–Trinajstić information content (AvgIpc) is 3.71. The quantitative estimate of drug-likeness (QED) is 0.120. The molecule has 358 valence electrons. The fourth-order valence-corrected chi connectivity index (χ4v) is 8.49. The van der Waals surface area contributed by atoms with Crippen LogP contribution in [-0.2, 0) is 38.2 Å². The van der Waals surface area contributed by atoms with E-state index in [-0.39, 0.29) is 60.8 Å². The van der Waals surface area contributed by atoms with Crippen LogP contribution >= 0.6 is 0 Å². The van der Waals surface area contributed by atoms with Gasteiger partial charge in [0.1, 0.15) is 17.7 Å². The van der Waals surface area contributed by atoms with Gasteiger partial charge in [0.15, 0.2) is 0 Å². The summed E-state index contributed by atoms with van der Waals surface area (Å²) in [6.45, 7) is 20.5. The van der Waals surface area contributed by atoms with E-state index in [1.165, 1.54) is 26.2 Å². The van der Waals surface area contributed by atoms with Gasteiger partial charge in [-0.2, -0.15) is 0 Å². The summed E-state index contributed by atoms with van der Waals surface area (Å²) in [5.74, 6) is -3.11. The van der Waals surface area contributed by atoms with Gasteiger partial charge < -0.3 is 50.0 Å². The van der Waals surface area contributed by atoms with Crippen molar-refractivity contribution < 1.29 is 48.1 Å². The predicted octanol–water partition coefficient (Wildman–Crippen LogP) is 4.68. The molecule has 0 bridgehead atoms. The first-order valence-electron chi connectivity index (χ1n) is 22.6. The van der Waals surface area contributed by atoms with Crippen LogP contribution in [0.15, 0.2) is 30.3 Å². The van der Waals surface area contributed by atoms with Crippen molar-refractivity contribution in [3.8, 4) is 0 Å². The van der Waals surface area contributed by atoms with Crippen molar-refractivity contribution in [2.75, 3.05) is 41.4 Å². The number of hydrogen-bond acceptors (Lipinski definition) is 10. The van der Waals surface area contributed by atoms with Gasteiger partial charge >= 0.3 is 6.09 Å². The monoisotopic (exact) mass is 889 g/mol. The highest BCUT2D eigenvalue weighted by Gasteiger charge is 2.43. The third kappa shape index (κ3) is 15.7. The van der Waals surface area contributed by atoms with Crippen molar-refractivity contribution >= 4 is 35.6 Å². The molecule has 1 aromatic carbocycles. The topological polar surface area (TPSA) is 196 Å². The van der Waals surface area contributed by atoms with Gasteiger partial charge in [0.2, 0.25) is 29.5 Å². The Balaban J connectivity index is 2.24. The molecule has 0 aromatic heterocycles. The number of methoxy groups -OCH3 is 2. The van der Waals surface area contributed by atoms with Crippen molar-refractivity contribution in [1.29, 1.82) is 0 Å². The number of rotatable bonds is 23. The second-order valence-electron chi connectivity index (χ2n) is 18.8. The molecule has 6 amide bonds. The van der Waals surface area contributed by atoms with E-state index in [0.717, 1.165) is 6.42 Å². The molecule has 16 heteroatoms.